The molecule has 1 aliphatic rings. The molecule has 4 heteroatoms. The van der Waals surface area contributed by atoms with E-state index in [2.05, 4.69) is 26.0 Å². The van der Waals surface area contributed by atoms with E-state index in [1.165, 1.54) is 10.5 Å². The van der Waals surface area contributed by atoms with E-state index in [0.717, 1.165) is 18.4 Å². The molecule has 4 nitrogen and oxygen atoms in total. The van der Waals surface area contributed by atoms with Crippen LogP contribution in [0.4, 0.5) is 0 Å². The molecule has 22 heavy (non-hydrogen) atoms. The topological polar surface area (TPSA) is 57.6 Å². The Labute approximate surface area is 132 Å². The number of carboxylic acid groups (broad SMARTS) is 1. The van der Waals surface area contributed by atoms with Gasteiger partial charge >= 0.3 is 5.97 Å². The SMILES string of the molecule is CC(C)Cc1cccc(C(C)C(=O)N2CCCC2C(=O)O)c1. The molecular weight excluding hydrogens is 278 g/mol. The molecule has 1 aliphatic heterocycles. The highest BCUT2D eigenvalue weighted by Gasteiger charge is 2.36. The number of benzene rings is 1. The van der Waals surface area contributed by atoms with E-state index in [0.29, 0.717) is 18.9 Å². The summed E-state index contributed by atoms with van der Waals surface area (Å²) in [4.78, 5) is 25.4. The number of nitrogens with zero attached hydrogens (tertiary/aromatic N) is 1. The fourth-order valence-corrected chi connectivity index (χ4v) is 3.14. The summed E-state index contributed by atoms with van der Waals surface area (Å²) in [5.41, 5.74) is 2.20. The molecule has 1 heterocycles. The lowest BCUT2D eigenvalue weighted by Crippen LogP contribution is -2.42. The van der Waals surface area contributed by atoms with Crippen molar-refractivity contribution in [1.29, 1.82) is 0 Å². The quantitative estimate of drug-likeness (QED) is 0.909. The Morgan fingerprint density at radius 2 is 2.05 bits per heavy atom. The van der Waals surface area contributed by atoms with Crippen molar-refractivity contribution >= 4 is 11.9 Å². The molecule has 1 aromatic carbocycles. The van der Waals surface area contributed by atoms with E-state index in [1.807, 2.05) is 19.1 Å². The van der Waals surface area contributed by atoms with Crippen LogP contribution in [-0.2, 0) is 16.0 Å². The van der Waals surface area contributed by atoms with Gasteiger partial charge in [0.05, 0.1) is 5.92 Å². The van der Waals surface area contributed by atoms with E-state index >= 15 is 0 Å². The van der Waals surface area contributed by atoms with Gasteiger partial charge in [0.15, 0.2) is 0 Å². The van der Waals surface area contributed by atoms with Crippen molar-refractivity contribution in [3.8, 4) is 0 Å². The van der Waals surface area contributed by atoms with E-state index in [1.54, 1.807) is 0 Å². The van der Waals surface area contributed by atoms with Crippen LogP contribution in [0.1, 0.15) is 50.7 Å². The fourth-order valence-electron chi connectivity index (χ4n) is 3.14. The summed E-state index contributed by atoms with van der Waals surface area (Å²) in [6.07, 6.45) is 2.31. The number of hydrogen-bond acceptors (Lipinski definition) is 2. The van der Waals surface area contributed by atoms with Crippen LogP contribution in [0.2, 0.25) is 0 Å². The second-order valence-electron chi connectivity index (χ2n) is 6.59. The lowest BCUT2D eigenvalue weighted by atomic mass is 9.94. The van der Waals surface area contributed by atoms with Gasteiger partial charge < -0.3 is 10.0 Å². The standard InChI is InChI=1S/C18H25NO3/c1-12(2)10-14-6-4-7-15(11-14)13(3)17(20)19-9-5-8-16(19)18(21)22/h4,6-7,11-13,16H,5,8-10H2,1-3H3,(H,21,22). The third-order valence-electron chi connectivity index (χ3n) is 4.29. The van der Waals surface area contributed by atoms with Crippen LogP contribution in [0.25, 0.3) is 0 Å². The Hall–Kier alpha value is -1.84. The van der Waals surface area contributed by atoms with Gasteiger partial charge in [0.25, 0.3) is 0 Å². The average molecular weight is 303 g/mol. The number of rotatable bonds is 5. The van der Waals surface area contributed by atoms with Crippen molar-refractivity contribution in [2.24, 2.45) is 5.92 Å². The molecule has 1 amide bonds. The minimum atomic E-state index is -0.897. The summed E-state index contributed by atoms with van der Waals surface area (Å²) in [7, 11) is 0. The van der Waals surface area contributed by atoms with Crippen LogP contribution in [0.5, 0.6) is 0 Å². The summed E-state index contributed by atoms with van der Waals surface area (Å²) in [6, 6.07) is 7.44. The summed E-state index contributed by atoms with van der Waals surface area (Å²) in [5.74, 6) is -0.707. The van der Waals surface area contributed by atoms with E-state index in [-0.39, 0.29) is 11.8 Å². The normalized spacial score (nSPS) is 19.5. The molecular formula is C18H25NO3. The Bertz CT molecular complexity index is 553. The third kappa shape index (κ3) is 3.67. The van der Waals surface area contributed by atoms with Crippen LogP contribution in [0.15, 0.2) is 24.3 Å². The maximum Gasteiger partial charge on any atom is 0.326 e. The first-order valence-corrected chi connectivity index (χ1v) is 8.02. The summed E-state index contributed by atoms with van der Waals surface area (Å²) in [5, 5.41) is 9.23. The van der Waals surface area contributed by atoms with E-state index in [9.17, 15) is 14.7 Å². The first-order chi connectivity index (χ1) is 10.4. The van der Waals surface area contributed by atoms with Crippen LogP contribution in [-0.4, -0.2) is 34.5 Å². The number of carboxylic acids is 1. The first kappa shape index (κ1) is 16.5. The van der Waals surface area contributed by atoms with Gasteiger partial charge in [0.2, 0.25) is 5.91 Å². The molecule has 0 radical (unpaired) electrons. The predicted octanol–water partition coefficient (Wildman–Crippen LogP) is 3.06. The summed E-state index contributed by atoms with van der Waals surface area (Å²) < 4.78 is 0. The zero-order chi connectivity index (χ0) is 16.3. The van der Waals surface area contributed by atoms with Crippen LogP contribution in [0, 0.1) is 5.92 Å². The minimum absolute atomic E-state index is 0.0772. The lowest BCUT2D eigenvalue weighted by Gasteiger charge is -2.25. The summed E-state index contributed by atoms with van der Waals surface area (Å²) in [6.45, 7) is 6.76. The fraction of sp³-hybridized carbons (Fsp3) is 0.556. The largest absolute Gasteiger partial charge is 0.480 e. The van der Waals surface area contributed by atoms with Crippen molar-refractivity contribution < 1.29 is 14.7 Å². The first-order valence-electron chi connectivity index (χ1n) is 8.02. The van der Waals surface area contributed by atoms with E-state index in [4.69, 9.17) is 0 Å². The number of hydrogen-bond donors (Lipinski definition) is 1. The highest BCUT2D eigenvalue weighted by Crippen LogP contribution is 2.25. The monoisotopic (exact) mass is 303 g/mol. The molecule has 0 aromatic heterocycles. The molecule has 2 rings (SSSR count). The van der Waals surface area contributed by atoms with Crippen LogP contribution < -0.4 is 0 Å². The second-order valence-corrected chi connectivity index (χ2v) is 6.59. The zero-order valence-electron chi connectivity index (χ0n) is 13.6. The molecule has 0 aliphatic carbocycles. The molecule has 0 spiro atoms. The van der Waals surface area contributed by atoms with Gasteiger partial charge in [-0.2, -0.15) is 0 Å². The molecule has 0 saturated carbocycles. The van der Waals surface area contributed by atoms with Gasteiger partial charge in [0.1, 0.15) is 6.04 Å². The molecule has 1 N–H and O–H groups in total. The molecule has 120 valence electrons. The third-order valence-corrected chi connectivity index (χ3v) is 4.29. The van der Waals surface area contributed by atoms with Crippen LogP contribution in [0.3, 0.4) is 0 Å². The Balaban J connectivity index is 2.15. The lowest BCUT2D eigenvalue weighted by molar-refractivity contribution is -0.148. The molecule has 2 atom stereocenters. The van der Waals surface area contributed by atoms with Crippen molar-refractivity contribution in [2.75, 3.05) is 6.54 Å². The van der Waals surface area contributed by atoms with E-state index < -0.39 is 12.0 Å². The zero-order valence-corrected chi connectivity index (χ0v) is 13.6. The maximum atomic E-state index is 12.7. The number of aliphatic carboxylic acids is 1. The average Bonchev–Trinajstić information content (AvgIpc) is 2.95. The van der Waals surface area contributed by atoms with Gasteiger partial charge in [-0.25, -0.2) is 4.79 Å². The number of likely N-dealkylation sites (tertiary alicyclic amines) is 1. The van der Waals surface area contributed by atoms with Crippen molar-refractivity contribution in [1.82, 2.24) is 4.90 Å². The van der Waals surface area contributed by atoms with Gasteiger partial charge in [-0.3, -0.25) is 4.79 Å². The van der Waals surface area contributed by atoms with Gasteiger partial charge in [-0.1, -0.05) is 38.1 Å². The van der Waals surface area contributed by atoms with Gasteiger partial charge in [-0.15, -0.1) is 0 Å². The maximum absolute atomic E-state index is 12.7. The summed E-state index contributed by atoms with van der Waals surface area (Å²) >= 11 is 0. The highest BCUT2D eigenvalue weighted by molar-refractivity contribution is 5.88. The second kappa shape index (κ2) is 6.95. The molecule has 1 saturated heterocycles. The van der Waals surface area contributed by atoms with Crippen molar-refractivity contribution in [3.63, 3.8) is 0 Å². The number of carbonyl (C=O) groups excluding carboxylic acids is 1. The smallest absolute Gasteiger partial charge is 0.326 e. The highest BCUT2D eigenvalue weighted by atomic mass is 16.4. The minimum Gasteiger partial charge on any atom is -0.480 e. The predicted molar refractivity (Wildman–Crippen MR) is 85.8 cm³/mol. The van der Waals surface area contributed by atoms with Crippen molar-refractivity contribution in [2.45, 2.75) is 52.0 Å². The van der Waals surface area contributed by atoms with Gasteiger partial charge in [-0.05, 0) is 43.2 Å². The van der Waals surface area contributed by atoms with Gasteiger partial charge in [0, 0.05) is 6.54 Å². The molecule has 0 bridgehead atoms. The molecule has 1 fully saturated rings. The number of amides is 1. The Morgan fingerprint density at radius 1 is 1.32 bits per heavy atom. The molecule has 2 unspecified atom stereocenters. The van der Waals surface area contributed by atoms with Crippen LogP contribution >= 0.6 is 0 Å². The molecule has 1 aromatic rings. The van der Waals surface area contributed by atoms with Crippen molar-refractivity contribution in [3.05, 3.63) is 35.4 Å². The Morgan fingerprint density at radius 3 is 2.68 bits per heavy atom. The Kier molecular flexibility index (Phi) is 5.22. The number of carbonyl (C=O) groups is 2.